The topological polar surface area (TPSA) is 119 Å². The molecule has 86 valence electrons. The fraction of sp³-hybridized carbons (Fsp3) is 0. The quantitative estimate of drug-likeness (QED) is 0.820. The van der Waals surface area contributed by atoms with E-state index < -0.39 is 21.0 Å². The molecule has 0 saturated carbocycles. The van der Waals surface area contributed by atoms with E-state index in [1.54, 1.807) is 0 Å². The average molecular weight is 282 g/mol. The van der Waals surface area contributed by atoms with Gasteiger partial charge in [-0.25, -0.2) is 0 Å². The molecule has 0 bridgehead atoms. The largest absolute Gasteiger partial charge is 0.397 e. The summed E-state index contributed by atoms with van der Waals surface area (Å²) in [6, 6.07) is 2.22. The Balaban J connectivity index is 3.56. The first-order valence-corrected chi connectivity index (χ1v) is 6.05. The van der Waals surface area contributed by atoms with Crippen LogP contribution in [0.4, 0.5) is 17.1 Å². The van der Waals surface area contributed by atoms with Crippen molar-refractivity contribution in [2.24, 2.45) is 8.73 Å². The van der Waals surface area contributed by atoms with Crippen molar-refractivity contribution in [2.75, 3.05) is 5.73 Å². The fourth-order valence-electron chi connectivity index (χ4n) is 0.876. The Labute approximate surface area is 98.3 Å². The molecule has 0 aromatic heterocycles. The van der Waals surface area contributed by atoms with Crippen molar-refractivity contribution < 1.29 is 16.8 Å². The van der Waals surface area contributed by atoms with E-state index in [2.05, 4.69) is 8.73 Å². The summed E-state index contributed by atoms with van der Waals surface area (Å²) in [5.74, 6) is 0. The maximum atomic E-state index is 10.3. The van der Waals surface area contributed by atoms with Gasteiger partial charge in [0.1, 0.15) is 11.4 Å². The van der Waals surface area contributed by atoms with Crippen LogP contribution in [0.15, 0.2) is 20.9 Å². The standard InChI is InChI=1S/C6H4ClN3O4S2/c7-3-1-4(8)6(10-16(13)14)2-5(3)9-15(11)12/h1-2H,8H2. The zero-order valence-corrected chi connectivity index (χ0v) is 9.84. The molecule has 0 aliphatic heterocycles. The van der Waals surface area contributed by atoms with Crippen molar-refractivity contribution in [3.63, 3.8) is 0 Å². The van der Waals surface area contributed by atoms with Crippen molar-refractivity contribution in [3.05, 3.63) is 17.2 Å². The number of benzene rings is 1. The van der Waals surface area contributed by atoms with E-state index in [-0.39, 0.29) is 22.1 Å². The van der Waals surface area contributed by atoms with E-state index in [1.807, 2.05) is 0 Å². The molecule has 0 aliphatic rings. The van der Waals surface area contributed by atoms with Crippen LogP contribution in [0.3, 0.4) is 0 Å². The molecular formula is C6H4ClN3O4S2. The summed E-state index contributed by atoms with van der Waals surface area (Å²) in [6.45, 7) is 0. The smallest absolute Gasteiger partial charge is 0.316 e. The number of nitrogen functional groups attached to an aromatic ring is 1. The molecule has 10 heteroatoms. The SMILES string of the molecule is Nc1cc(Cl)c(N=S(=O)=O)cc1N=S(=O)=O. The van der Waals surface area contributed by atoms with Crippen LogP contribution >= 0.6 is 11.6 Å². The number of hydrogen-bond acceptors (Lipinski definition) is 7. The number of hydrogen-bond donors (Lipinski definition) is 1. The molecule has 0 atom stereocenters. The van der Waals surface area contributed by atoms with Crippen LogP contribution in [-0.2, 0) is 21.0 Å². The van der Waals surface area contributed by atoms with Crippen LogP contribution in [0, 0.1) is 0 Å². The number of rotatable bonds is 2. The molecule has 0 radical (unpaired) electrons. The Kier molecular flexibility index (Phi) is 3.99. The Bertz CT molecular complexity index is 619. The van der Waals surface area contributed by atoms with Gasteiger partial charge < -0.3 is 5.73 Å². The van der Waals surface area contributed by atoms with Crippen molar-refractivity contribution in [1.29, 1.82) is 0 Å². The van der Waals surface area contributed by atoms with Gasteiger partial charge in [0.25, 0.3) is 0 Å². The molecule has 0 heterocycles. The van der Waals surface area contributed by atoms with Gasteiger partial charge in [-0.15, -0.1) is 8.73 Å². The molecular weight excluding hydrogens is 278 g/mol. The zero-order valence-electron chi connectivity index (χ0n) is 7.45. The predicted octanol–water partition coefficient (Wildman–Crippen LogP) is 1.31. The minimum absolute atomic E-state index is 0.00447. The second-order valence-electron chi connectivity index (χ2n) is 2.48. The van der Waals surface area contributed by atoms with Gasteiger partial charge in [0.05, 0.1) is 10.7 Å². The highest BCUT2D eigenvalue weighted by Crippen LogP contribution is 2.34. The van der Waals surface area contributed by atoms with Crippen LogP contribution in [0.1, 0.15) is 0 Å². The number of anilines is 1. The summed E-state index contributed by atoms with van der Waals surface area (Å²) in [5, 5.41) is -0.0164. The van der Waals surface area contributed by atoms with Crippen LogP contribution < -0.4 is 5.73 Å². The molecule has 2 N–H and O–H groups in total. The van der Waals surface area contributed by atoms with Gasteiger partial charge in [0.2, 0.25) is 0 Å². The number of nitrogens with two attached hydrogens (primary N) is 1. The van der Waals surface area contributed by atoms with Crippen molar-refractivity contribution >= 4 is 49.7 Å². The van der Waals surface area contributed by atoms with Crippen LogP contribution in [0.2, 0.25) is 5.02 Å². The zero-order chi connectivity index (χ0) is 12.3. The summed E-state index contributed by atoms with van der Waals surface area (Å²) >= 11 is 5.64. The second-order valence-corrected chi connectivity index (χ2v) is 4.12. The molecule has 7 nitrogen and oxygen atoms in total. The van der Waals surface area contributed by atoms with Crippen LogP contribution in [0.25, 0.3) is 0 Å². The van der Waals surface area contributed by atoms with E-state index in [0.717, 1.165) is 6.07 Å². The van der Waals surface area contributed by atoms with E-state index in [9.17, 15) is 16.8 Å². The Morgan fingerprint density at radius 3 is 2.00 bits per heavy atom. The summed E-state index contributed by atoms with van der Waals surface area (Å²) in [5.41, 5.74) is 5.17. The highest BCUT2D eigenvalue weighted by molar-refractivity contribution is 7.62. The Hall–Kier alpha value is -1.45. The van der Waals surface area contributed by atoms with Gasteiger partial charge in [-0.3, -0.25) is 0 Å². The van der Waals surface area contributed by atoms with Crippen molar-refractivity contribution in [3.8, 4) is 0 Å². The molecule has 1 aromatic carbocycles. The molecule has 1 rings (SSSR count). The Morgan fingerprint density at radius 2 is 1.50 bits per heavy atom. The molecule has 0 unspecified atom stereocenters. The summed E-state index contributed by atoms with van der Waals surface area (Å²) < 4.78 is 47.6. The summed E-state index contributed by atoms with van der Waals surface area (Å²) in [6.07, 6.45) is 0. The molecule has 0 aliphatic carbocycles. The lowest BCUT2D eigenvalue weighted by Crippen LogP contribution is -1.85. The van der Waals surface area contributed by atoms with Gasteiger partial charge in [0.15, 0.2) is 0 Å². The average Bonchev–Trinajstić information content (AvgIpc) is 2.11. The molecule has 0 saturated heterocycles. The minimum Gasteiger partial charge on any atom is -0.397 e. The highest BCUT2D eigenvalue weighted by Gasteiger charge is 2.06. The van der Waals surface area contributed by atoms with E-state index in [1.165, 1.54) is 6.07 Å². The second kappa shape index (κ2) is 5.05. The van der Waals surface area contributed by atoms with Crippen LogP contribution in [0.5, 0.6) is 0 Å². The monoisotopic (exact) mass is 281 g/mol. The first-order valence-electron chi connectivity index (χ1n) is 3.61. The fourth-order valence-corrected chi connectivity index (χ4v) is 1.77. The lowest BCUT2D eigenvalue weighted by Gasteiger charge is -2.00. The first kappa shape index (κ1) is 12.6. The predicted molar refractivity (Wildman–Crippen MR) is 57.9 cm³/mol. The van der Waals surface area contributed by atoms with E-state index >= 15 is 0 Å². The van der Waals surface area contributed by atoms with Gasteiger partial charge >= 0.3 is 21.0 Å². The molecule has 0 fully saturated rings. The van der Waals surface area contributed by atoms with Crippen LogP contribution in [-0.4, -0.2) is 16.8 Å². The number of nitrogens with zero attached hydrogens (tertiary/aromatic N) is 2. The van der Waals surface area contributed by atoms with Crippen molar-refractivity contribution in [1.82, 2.24) is 0 Å². The summed E-state index contributed by atoms with van der Waals surface area (Å²) in [4.78, 5) is 0. The number of halogens is 1. The maximum Gasteiger partial charge on any atom is 0.316 e. The lowest BCUT2D eigenvalue weighted by molar-refractivity contribution is 0.621. The van der Waals surface area contributed by atoms with Gasteiger partial charge in [-0.05, 0) is 12.1 Å². The lowest BCUT2D eigenvalue weighted by atomic mass is 10.2. The molecule has 16 heavy (non-hydrogen) atoms. The third kappa shape index (κ3) is 3.29. The highest BCUT2D eigenvalue weighted by atomic mass is 35.5. The first-order chi connectivity index (χ1) is 7.40. The van der Waals surface area contributed by atoms with E-state index in [4.69, 9.17) is 17.3 Å². The summed E-state index contributed by atoms with van der Waals surface area (Å²) in [7, 11) is -5.40. The van der Waals surface area contributed by atoms with Gasteiger partial charge in [0, 0.05) is 0 Å². The third-order valence-corrected chi connectivity index (χ3v) is 2.44. The Morgan fingerprint density at radius 1 is 1.00 bits per heavy atom. The molecule has 0 spiro atoms. The molecule has 0 amide bonds. The third-order valence-electron chi connectivity index (χ3n) is 1.44. The van der Waals surface area contributed by atoms with Gasteiger partial charge in [-0.1, -0.05) is 11.6 Å². The normalized spacial score (nSPS) is 9.56. The van der Waals surface area contributed by atoms with E-state index in [0.29, 0.717) is 0 Å². The minimum atomic E-state index is -2.70. The van der Waals surface area contributed by atoms with Crippen molar-refractivity contribution in [2.45, 2.75) is 0 Å². The molecule has 1 aromatic rings. The van der Waals surface area contributed by atoms with Gasteiger partial charge in [-0.2, -0.15) is 16.8 Å². The maximum absolute atomic E-state index is 10.3.